The van der Waals surface area contributed by atoms with Crippen molar-refractivity contribution < 1.29 is 27.5 Å². The van der Waals surface area contributed by atoms with Crippen LogP contribution in [0.1, 0.15) is 69.2 Å². The molecular formula is C23H32N2O6S. The normalized spacial score (nSPS) is 20.1. The minimum absolute atomic E-state index is 0.0000902. The predicted molar refractivity (Wildman–Crippen MR) is 122 cm³/mol. The topological polar surface area (TPSA) is 110 Å². The van der Waals surface area contributed by atoms with Crippen LogP contribution in [-0.2, 0) is 19.4 Å². The van der Waals surface area contributed by atoms with E-state index in [-0.39, 0.29) is 59.1 Å². The van der Waals surface area contributed by atoms with Crippen LogP contribution in [0.5, 0.6) is 5.75 Å². The molecular weight excluding hydrogens is 432 g/mol. The van der Waals surface area contributed by atoms with Gasteiger partial charge in [0.2, 0.25) is 5.91 Å². The van der Waals surface area contributed by atoms with Crippen molar-refractivity contribution in [1.29, 1.82) is 0 Å². The van der Waals surface area contributed by atoms with Crippen molar-refractivity contribution in [3.05, 3.63) is 23.8 Å². The zero-order valence-corrected chi connectivity index (χ0v) is 19.6. The number of carbonyl (C=O) groups is 3. The Hall–Kier alpha value is -2.42. The predicted octanol–water partition coefficient (Wildman–Crippen LogP) is 2.96. The van der Waals surface area contributed by atoms with Crippen molar-refractivity contribution in [2.45, 2.75) is 70.9 Å². The van der Waals surface area contributed by atoms with Gasteiger partial charge in [-0.25, -0.2) is 8.42 Å². The molecule has 0 spiro atoms. The fourth-order valence-corrected chi connectivity index (χ4v) is 6.27. The summed E-state index contributed by atoms with van der Waals surface area (Å²) in [5.41, 5.74) is 0.777. The van der Waals surface area contributed by atoms with Crippen LogP contribution < -0.4 is 10.1 Å². The van der Waals surface area contributed by atoms with Gasteiger partial charge in [-0.15, -0.1) is 0 Å². The summed E-state index contributed by atoms with van der Waals surface area (Å²) < 4.78 is 29.7. The van der Waals surface area contributed by atoms with E-state index in [4.69, 9.17) is 4.74 Å². The molecule has 1 unspecified atom stereocenters. The largest absolute Gasteiger partial charge is 0.483 e. The lowest BCUT2D eigenvalue weighted by molar-refractivity contribution is -0.137. The third-order valence-corrected chi connectivity index (χ3v) is 7.83. The number of sulfone groups is 1. The van der Waals surface area contributed by atoms with Gasteiger partial charge in [0.15, 0.2) is 22.2 Å². The Balaban J connectivity index is 1.72. The van der Waals surface area contributed by atoms with Crippen LogP contribution >= 0.6 is 0 Å². The lowest BCUT2D eigenvalue weighted by Crippen LogP contribution is -2.48. The molecule has 8 nitrogen and oxygen atoms in total. The maximum atomic E-state index is 13.1. The molecule has 1 saturated carbocycles. The quantitative estimate of drug-likeness (QED) is 0.563. The van der Waals surface area contributed by atoms with Crippen molar-refractivity contribution in [2.75, 3.05) is 23.4 Å². The van der Waals surface area contributed by atoms with Crippen molar-refractivity contribution >= 4 is 33.1 Å². The number of ether oxygens (including phenoxy) is 1. The molecule has 0 bridgehead atoms. The Labute approximate surface area is 189 Å². The number of benzene rings is 1. The fraction of sp³-hybridized carbons (Fsp3) is 0.609. The van der Waals surface area contributed by atoms with E-state index >= 15 is 0 Å². The second-order valence-corrected chi connectivity index (χ2v) is 10.9. The number of anilines is 1. The molecule has 176 valence electrons. The van der Waals surface area contributed by atoms with E-state index < -0.39 is 9.84 Å². The molecule has 1 aromatic carbocycles. The van der Waals surface area contributed by atoms with E-state index in [0.717, 1.165) is 25.7 Å². The molecule has 3 rings (SSSR count). The van der Waals surface area contributed by atoms with Gasteiger partial charge in [-0.05, 0) is 50.8 Å². The van der Waals surface area contributed by atoms with E-state index in [0.29, 0.717) is 24.9 Å². The smallest absolute Gasteiger partial charge is 0.261 e. The summed E-state index contributed by atoms with van der Waals surface area (Å²) in [5.74, 6) is -0.258. The van der Waals surface area contributed by atoms with Crippen LogP contribution in [0.25, 0.3) is 0 Å². The summed E-state index contributed by atoms with van der Waals surface area (Å²) in [6, 6.07) is 4.48. The molecule has 0 radical (unpaired) electrons. The zero-order chi connectivity index (χ0) is 23.3. The molecule has 1 heterocycles. The fourth-order valence-electron chi connectivity index (χ4n) is 4.56. The van der Waals surface area contributed by atoms with Crippen molar-refractivity contribution in [2.24, 2.45) is 0 Å². The van der Waals surface area contributed by atoms with Crippen LogP contribution in [0.3, 0.4) is 0 Å². The van der Waals surface area contributed by atoms with Crippen LogP contribution in [0.4, 0.5) is 5.69 Å². The molecule has 9 heteroatoms. The van der Waals surface area contributed by atoms with Gasteiger partial charge in [0.25, 0.3) is 5.91 Å². The number of ketones is 1. The van der Waals surface area contributed by atoms with Crippen LogP contribution in [0.2, 0.25) is 0 Å². The average molecular weight is 465 g/mol. The minimum Gasteiger partial charge on any atom is -0.483 e. The molecule has 2 fully saturated rings. The second kappa shape index (κ2) is 10.5. The van der Waals surface area contributed by atoms with Gasteiger partial charge >= 0.3 is 0 Å². The highest BCUT2D eigenvalue weighted by Crippen LogP contribution is 2.30. The maximum absolute atomic E-state index is 13.1. The molecule has 0 aromatic heterocycles. The highest BCUT2D eigenvalue weighted by atomic mass is 32.2. The number of hydrogen-bond donors (Lipinski definition) is 1. The SMILES string of the molecule is CCCC(=O)Nc1ccc(OCC(=O)N(C2CCCC2)C2CCS(=O)(=O)C2)c(C(C)=O)c1. The molecule has 1 aromatic rings. The summed E-state index contributed by atoms with van der Waals surface area (Å²) in [6.07, 6.45) is 5.34. The summed E-state index contributed by atoms with van der Waals surface area (Å²) in [4.78, 5) is 38.8. The number of nitrogens with one attached hydrogen (secondary N) is 1. The van der Waals surface area contributed by atoms with E-state index in [9.17, 15) is 22.8 Å². The highest BCUT2D eigenvalue weighted by molar-refractivity contribution is 7.91. The van der Waals surface area contributed by atoms with Crippen LogP contribution in [0.15, 0.2) is 18.2 Å². The Morgan fingerprint density at radius 1 is 1.12 bits per heavy atom. The zero-order valence-electron chi connectivity index (χ0n) is 18.8. The van der Waals surface area contributed by atoms with Gasteiger partial charge in [-0.2, -0.15) is 0 Å². The summed E-state index contributed by atoms with van der Waals surface area (Å²) in [6.45, 7) is 3.04. The van der Waals surface area contributed by atoms with Gasteiger partial charge < -0.3 is 15.0 Å². The Morgan fingerprint density at radius 3 is 2.44 bits per heavy atom. The first-order valence-corrected chi connectivity index (χ1v) is 13.1. The first-order valence-electron chi connectivity index (χ1n) is 11.3. The second-order valence-electron chi connectivity index (χ2n) is 8.65. The number of amides is 2. The Kier molecular flexibility index (Phi) is 7.92. The number of Topliss-reactive ketones (excluding diaryl/α,β-unsaturated/α-hetero) is 1. The molecule has 1 atom stereocenters. The first kappa shape index (κ1) is 24.2. The molecule has 1 saturated heterocycles. The third-order valence-electron chi connectivity index (χ3n) is 6.08. The van der Waals surface area contributed by atoms with Gasteiger partial charge in [0.05, 0.1) is 17.1 Å². The van der Waals surface area contributed by atoms with Crippen LogP contribution in [-0.4, -0.2) is 61.1 Å². The number of rotatable bonds is 9. The highest BCUT2D eigenvalue weighted by Gasteiger charge is 2.39. The van der Waals surface area contributed by atoms with Gasteiger partial charge in [0.1, 0.15) is 5.75 Å². The monoisotopic (exact) mass is 464 g/mol. The summed E-state index contributed by atoms with van der Waals surface area (Å²) >= 11 is 0. The van der Waals surface area contributed by atoms with E-state index in [1.54, 1.807) is 23.1 Å². The Morgan fingerprint density at radius 2 is 1.84 bits per heavy atom. The van der Waals surface area contributed by atoms with E-state index in [2.05, 4.69) is 5.32 Å². The van der Waals surface area contributed by atoms with Crippen molar-refractivity contribution in [3.8, 4) is 5.75 Å². The van der Waals surface area contributed by atoms with Crippen molar-refractivity contribution in [3.63, 3.8) is 0 Å². The molecule has 2 aliphatic rings. The molecule has 1 N–H and O–H groups in total. The molecule has 32 heavy (non-hydrogen) atoms. The molecule has 1 aliphatic carbocycles. The van der Waals surface area contributed by atoms with E-state index in [1.165, 1.54) is 6.92 Å². The third kappa shape index (κ3) is 6.09. The number of carbonyl (C=O) groups excluding carboxylic acids is 3. The van der Waals surface area contributed by atoms with Gasteiger partial charge in [-0.1, -0.05) is 19.8 Å². The van der Waals surface area contributed by atoms with Crippen LogP contribution in [0, 0.1) is 0 Å². The average Bonchev–Trinajstić information content (AvgIpc) is 3.37. The minimum atomic E-state index is -3.12. The number of hydrogen-bond acceptors (Lipinski definition) is 6. The van der Waals surface area contributed by atoms with E-state index in [1.807, 2.05) is 6.92 Å². The van der Waals surface area contributed by atoms with Gasteiger partial charge in [-0.3, -0.25) is 14.4 Å². The number of nitrogens with zero attached hydrogens (tertiary/aromatic N) is 1. The standard InChI is InChI=1S/C23H32N2O6S/c1-3-6-22(27)24-17-9-10-21(20(13-17)16(2)26)31-14-23(28)25(18-7-4-5-8-18)19-11-12-32(29,30)15-19/h9-10,13,18-19H,3-8,11-12,14-15H2,1-2H3,(H,24,27). The lowest BCUT2D eigenvalue weighted by atomic mass is 10.1. The Bertz CT molecular complexity index is 969. The molecule has 1 aliphatic heterocycles. The maximum Gasteiger partial charge on any atom is 0.261 e. The van der Waals surface area contributed by atoms with Gasteiger partial charge in [0, 0.05) is 24.2 Å². The lowest BCUT2D eigenvalue weighted by Gasteiger charge is -2.34. The summed E-state index contributed by atoms with van der Waals surface area (Å²) in [5, 5.41) is 2.75. The first-order chi connectivity index (χ1) is 15.2. The molecule has 2 amide bonds. The van der Waals surface area contributed by atoms with Crippen molar-refractivity contribution in [1.82, 2.24) is 4.90 Å². The summed E-state index contributed by atoms with van der Waals surface area (Å²) in [7, 11) is -3.12.